The Kier molecular flexibility index (Phi) is 4.68. The molecule has 1 aliphatic heterocycles. The van der Waals surface area contributed by atoms with Crippen LogP contribution in [0.2, 0.25) is 0 Å². The molecule has 1 atom stereocenters. The number of amides is 1. The lowest BCUT2D eigenvalue weighted by Crippen LogP contribution is -2.52. The van der Waals surface area contributed by atoms with Crippen molar-refractivity contribution in [3.05, 3.63) is 22.7 Å². The minimum absolute atomic E-state index is 0.0178. The molecule has 8 nitrogen and oxygen atoms in total. The van der Waals surface area contributed by atoms with E-state index in [0.717, 1.165) is 5.56 Å². The van der Waals surface area contributed by atoms with Crippen molar-refractivity contribution in [2.75, 3.05) is 19.8 Å². The van der Waals surface area contributed by atoms with E-state index in [1.165, 1.54) is 16.2 Å². The summed E-state index contributed by atoms with van der Waals surface area (Å²) in [6.07, 6.45) is 0.398. The topological polar surface area (TPSA) is 106 Å². The van der Waals surface area contributed by atoms with Crippen LogP contribution in [0.5, 0.6) is 0 Å². The molecule has 9 heteroatoms. The van der Waals surface area contributed by atoms with Gasteiger partial charge in [-0.25, -0.2) is 4.79 Å². The summed E-state index contributed by atoms with van der Waals surface area (Å²) < 4.78 is 10.2. The number of morpholine rings is 1. The summed E-state index contributed by atoms with van der Waals surface area (Å²) in [7, 11) is 0. The molecule has 3 rings (SSSR count). The van der Waals surface area contributed by atoms with E-state index in [-0.39, 0.29) is 31.9 Å². The number of thiophene rings is 1. The maximum absolute atomic E-state index is 12.2. The Hall–Kier alpha value is -2.26. The Morgan fingerprint density at radius 1 is 1.48 bits per heavy atom. The van der Waals surface area contributed by atoms with Crippen LogP contribution in [0.25, 0.3) is 11.4 Å². The zero-order valence-corrected chi connectivity index (χ0v) is 13.0. The number of aryl methyl sites for hydroxylation is 1. The average molecular weight is 337 g/mol. The van der Waals surface area contributed by atoms with Gasteiger partial charge in [-0.15, -0.1) is 0 Å². The fraction of sp³-hybridized carbons (Fsp3) is 0.429. The lowest BCUT2D eigenvalue weighted by molar-refractivity contribution is -0.158. The Labute approximate surface area is 135 Å². The molecule has 1 fully saturated rings. The first-order chi connectivity index (χ1) is 11.1. The lowest BCUT2D eigenvalue weighted by atomic mass is 10.2. The molecule has 0 bridgehead atoms. The van der Waals surface area contributed by atoms with Crippen LogP contribution in [0.4, 0.5) is 0 Å². The SMILES string of the molecule is O=C(O)C1COCCN1C(=O)CCc1nc(-c2ccsc2)no1. The molecule has 0 radical (unpaired) electrons. The van der Waals surface area contributed by atoms with Gasteiger partial charge in [0, 0.05) is 30.3 Å². The van der Waals surface area contributed by atoms with Crippen LogP contribution in [-0.4, -0.2) is 57.8 Å². The number of carboxylic acid groups (broad SMARTS) is 1. The molecule has 1 unspecified atom stereocenters. The molecule has 1 saturated heterocycles. The predicted octanol–water partition coefficient (Wildman–Crippen LogP) is 1.04. The van der Waals surface area contributed by atoms with Crippen LogP contribution in [0.3, 0.4) is 0 Å². The highest BCUT2D eigenvalue weighted by Crippen LogP contribution is 2.19. The van der Waals surface area contributed by atoms with Gasteiger partial charge in [-0.1, -0.05) is 5.16 Å². The first-order valence-corrected chi connectivity index (χ1v) is 8.04. The predicted molar refractivity (Wildman–Crippen MR) is 79.9 cm³/mol. The summed E-state index contributed by atoms with van der Waals surface area (Å²) in [5.41, 5.74) is 0.871. The van der Waals surface area contributed by atoms with Crippen LogP contribution in [0.1, 0.15) is 12.3 Å². The third kappa shape index (κ3) is 3.57. The van der Waals surface area contributed by atoms with Gasteiger partial charge in [0.25, 0.3) is 0 Å². The first kappa shape index (κ1) is 15.6. The summed E-state index contributed by atoms with van der Waals surface area (Å²) >= 11 is 1.53. The van der Waals surface area contributed by atoms with Crippen LogP contribution < -0.4 is 0 Å². The second kappa shape index (κ2) is 6.88. The van der Waals surface area contributed by atoms with Gasteiger partial charge in [0.2, 0.25) is 17.6 Å². The van der Waals surface area contributed by atoms with Crippen molar-refractivity contribution in [3.63, 3.8) is 0 Å². The highest BCUT2D eigenvalue weighted by atomic mass is 32.1. The molecule has 1 N–H and O–H groups in total. The second-order valence-electron chi connectivity index (χ2n) is 5.04. The van der Waals surface area contributed by atoms with Crippen LogP contribution in [0.15, 0.2) is 21.3 Å². The number of carbonyl (C=O) groups excluding carboxylic acids is 1. The summed E-state index contributed by atoms with van der Waals surface area (Å²) in [5, 5.41) is 16.8. The smallest absolute Gasteiger partial charge is 0.328 e. The first-order valence-electron chi connectivity index (χ1n) is 7.10. The van der Waals surface area contributed by atoms with Crippen molar-refractivity contribution in [1.82, 2.24) is 15.0 Å². The number of aliphatic carboxylic acids is 1. The summed E-state index contributed by atoms with van der Waals surface area (Å²) in [6.45, 7) is 0.641. The minimum atomic E-state index is -1.06. The molecule has 3 heterocycles. The van der Waals surface area contributed by atoms with Gasteiger partial charge in [-0.05, 0) is 11.4 Å². The Morgan fingerprint density at radius 2 is 2.35 bits per heavy atom. The largest absolute Gasteiger partial charge is 0.480 e. The molecule has 23 heavy (non-hydrogen) atoms. The Morgan fingerprint density at radius 3 is 3.09 bits per heavy atom. The summed E-state index contributed by atoms with van der Waals surface area (Å²) in [5.74, 6) is -0.463. The maximum atomic E-state index is 12.2. The number of hydrogen-bond acceptors (Lipinski definition) is 7. The number of hydrogen-bond donors (Lipinski definition) is 1. The van der Waals surface area contributed by atoms with Crippen LogP contribution in [-0.2, 0) is 20.7 Å². The zero-order chi connectivity index (χ0) is 16.2. The normalized spacial score (nSPS) is 18.1. The van der Waals surface area contributed by atoms with Crippen molar-refractivity contribution < 1.29 is 24.0 Å². The zero-order valence-electron chi connectivity index (χ0n) is 12.2. The minimum Gasteiger partial charge on any atom is -0.480 e. The van der Waals surface area contributed by atoms with Gasteiger partial charge >= 0.3 is 5.97 Å². The fourth-order valence-corrected chi connectivity index (χ4v) is 2.96. The van der Waals surface area contributed by atoms with Crippen molar-refractivity contribution in [2.45, 2.75) is 18.9 Å². The van der Waals surface area contributed by atoms with E-state index < -0.39 is 12.0 Å². The highest BCUT2D eigenvalue weighted by Gasteiger charge is 2.32. The van der Waals surface area contributed by atoms with Crippen molar-refractivity contribution in [1.29, 1.82) is 0 Å². The fourth-order valence-electron chi connectivity index (χ4n) is 2.33. The average Bonchev–Trinajstić information content (AvgIpc) is 3.23. The van der Waals surface area contributed by atoms with E-state index in [4.69, 9.17) is 14.4 Å². The van der Waals surface area contributed by atoms with E-state index in [9.17, 15) is 9.59 Å². The molecular weight excluding hydrogens is 322 g/mol. The molecule has 0 aromatic carbocycles. The molecular formula is C14H15N3O5S. The number of rotatable bonds is 5. The van der Waals surface area contributed by atoms with E-state index in [0.29, 0.717) is 18.3 Å². The number of ether oxygens (including phenoxy) is 1. The van der Waals surface area contributed by atoms with E-state index in [2.05, 4.69) is 10.1 Å². The van der Waals surface area contributed by atoms with Gasteiger partial charge in [-0.3, -0.25) is 4.79 Å². The van der Waals surface area contributed by atoms with E-state index in [1.807, 2.05) is 16.8 Å². The van der Waals surface area contributed by atoms with E-state index in [1.54, 1.807) is 0 Å². The highest BCUT2D eigenvalue weighted by molar-refractivity contribution is 7.08. The monoisotopic (exact) mass is 337 g/mol. The number of nitrogens with zero attached hydrogens (tertiary/aromatic N) is 3. The molecule has 2 aromatic heterocycles. The number of carbonyl (C=O) groups is 2. The number of carboxylic acids is 1. The standard InChI is InChI=1S/C14H15N3O5S/c18-12(17-4-5-21-7-10(17)14(19)20)2-1-11-15-13(16-22-11)9-3-6-23-8-9/h3,6,8,10H,1-2,4-5,7H2,(H,19,20). The van der Waals surface area contributed by atoms with Crippen molar-refractivity contribution in [2.24, 2.45) is 0 Å². The van der Waals surface area contributed by atoms with Gasteiger partial charge in [0.15, 0.2) is 6.04 Å². The van der Waals surface area contributed by atoms with Gasteiger partial charge < -0.3 is 19.3 Å². The van der Waals surface area contributed by atoms with Gasteiger partial charge in [0.1, 0.15) is 0 Å². The van der Waals surface area contributed by atoms with Crippen LogP contribution in [0, 0.1) is 0 Å². The molecule has 1 aliphatic rings. The molecule has 0 spiro atoms. The molecule has 0 aliphatic carbocycles. The van der Waals surface area contributed by atoms with E-state index >= 15 is 0 Å². The van der Waals surface area contributed by atoms with Gasteiger partial charge in [0.05, 0.1) is 13.2 Å². The molecule has 0 saturated carbocycles. The van der Waals surface area contributed by atoms with Crippen LogP contribution >= 0.6 is 11.3 Å². The van der Waals surface area contributed by atoms with Crippen molar-refractivity contribution >= 4 is 23.2 Å². The van der Waals surface area contributed by atoms with Crippen molar-refractivity contribution in [3.8, 4) is 11.4 Å². The Bertz CT molecular complexity index is 684. The molecule has 1 amide bonds. The Balaban J connectivity index is 1.59. The maximum Gasteiger partial charge on any atom is 0.328 e. The summed E-state index contributed by atoms with van der Waals surface area (Å²) in [4.78, 5) is 29.0. The lowest BCUT2D eigenvalue weighted by Gasteiger charge is -2.32. The third-order valence-electron chi connectivity index (χ3n) is 3.53. The quantitative estimate of drug-likeness (QED) is 0.869. The summed E-state index contributed by atoms with van der Waals surface area (Å²) in [6, 6.07) is 0.954. The van der Waals surface area contributed by atoms with Gasteiger partial charge in [-0.2, -0.15) is 16.3 Å². The third-order valence-corrected chi connectivity index (χ3v) is 4.22. The molecule has 122 valence electrons. The number of aromatic nitrogens is 2. The molecule has 2 aromatic rings. The second-order valence-corrected chi connectivity index (χ2v) is 5.82.